The number of fused-ring (bicyclic) bond motifs is 1. The Morgan fingerprint density at radius 2 is 2.25 bits per heavy atom. The summed E-state index contributed by atoms with van der Waals surface area (Å²) in [5, 5.41) is 15.6. The summed E-state index contributed by atoms with van der Waals surface area (Å²) in [5.41, 5.74) is 0.504. The second kappa shape index (κ2) is 4.61. The number of benzene rings is 1. The average Bonchev–Trinajstić information content (AvgIpc) is 3.08. The first kappa shape index (κ1) is 12.1. The van der Waals surface area contributed by atoms with Crippen molar-refractivity contribution in [3.63, 3.8) is 0 Å². The van der Waals surface area contributed by atoms with Crippen LogP contribution in [0.3, 0.4) is 0 Å². The fourth-order valence-electron chi connectivity index (χ4n) is 1.95. The van der Waals surface area contributed by atoms with Crippen molar-refractivity contribution < 1.29 is 14.1 Å². The minimum absolute atomic E-state index is 0.0296. The molecule has 0 saturated carbocycles. The number of carbonyl (C=O) groups is 1. The van der Waals surface area contributed by atoms with E-state index in [9.17, 15) is 14.9 Å². The highest BCUT2D eigenvalue weighted by molar-refractivity contribution is 5.94. The molecule has 0 spiro atoms. The van der Waals surface area contributed by atoms with Crippen LogP contribution >= 0.6 is 0 Å². The highest BCUT2D eigenvalue weighted by atomic mass is 16.6. The third kappa shape index (κ3) is 2.05. The highest BCUT2D eigenvalue weighted by Crippen LogP contribution is 2.20. The zero-order valence-electron chi connectivity index (χ0n) is 10.2. The van der Waals surface area contributed by atoms with Gasteiger partial charge >= 0.3 is 0 Å². The van der Waals surface area contributed by atoms with Gasteiger partial charge in [-0.25, -0.2) is 0 Å². The zero-order chi connectivity index (χ0) is 14.1. The van der Waals surface area contributed by atoms with Crippen molar-refractivity contribution in [1.82, 2.24) is 9.78 Å². The molecule has 0 saturated heterocycles. The van der Waals surface area contributed by atoms with Gasteiger partial charge in [-0.15, -0.1) is 0 Å². The van der Waals surface area contributed by atoms with Crippen LogP contribution in [0.5, 0.6) is 0 Å². The fraction of sp³-hybridized carbons (Fsp3) is 0.0769. The van der Waals surface area contributed by atoms with Gasteiger partial charge in [-0.3, -0.25) is 19.6 Å². The van der Waals surface area contributed by atoms with Crippen LogP contribution in [0.4, 0.5) is 5.69 Å². The lowest BCUT2D eigenvalue weighted by atomic mass is 10.2. The number of non-ortho nitro benzene ring substituents is 1. The zero-order valence-corrected chi connectivity index (χ0v) is 10.2. The number of ketones is 1. The summed E-state index contributed by atoms with van der Waals surface area (Å²) in [6.45, 7) is -0.0296. The minimum Gasteiger partial charge on any atom is -0.461 e. The highest BCUT2D eigenvalue weighted by Gasteiger charge is 2.14. The maximum Gasteiger partial charge on any atom is 0.271 e. The molecule has 100 valence electrons. The summed E-state index contributed by atoms with van der Waals surface area (Å²) < 4.78 is 6.44. The van der Waals surface area contributed by atoms with Crippen LogP contribution < -0.4 is 0 Å². The first-order valence-electron chi connectivity index (χ1n) is 5.82. The third-order valence-electron chi connectivity index (χ3n) is 2.93. The van der Waals surface area contributed by atoms with Crippen LogP contribution in [-0.2, 0) is 6.54 Å². The molecule has 7 heteroatoms. The molecule has 3 aromatic rings. The SMILES string of the molecule is O=C(Cn1ncc2ccc([N+](=O)[O-])cc21)c1ccco1. The lowest BCUT2D eigenvalue weighted by Gasteiger charge is -2.01. The van der Waals surface area contributed by atoms with Gasteiger partial charge < -0.3 is 4.42 Å². The van der Waals surface area contributed by atoms with Crippen LogP contribution in [0.15, 0.2) is 47.2 Å². The molecule has 0 bridgehead atoms. The number of rotatable bonds is 4. The Morgan fingerprint density at radius 1 is 1.40 bits per heavy atom. The molecule has 0 atom stereocenters. The number of nitro benzene ring substituents is 1. The normalized spacial score (nSPS) is 10.8. The summed E-state index contributed by atoms with van der Waals surface area (Å²) >= 11 is 0. The summed E-state index contributed by atoms with van der Waals surface area (Å²) in [7, 11) is 0. The average molecular weight is 271 g/mol. The molecule has 3 rings (SSSR count). The van der Waals surface area contributed by atoms with E-state index >= 15 is 0 Å². The predicted molar refractivity (Wildman–Crippen MR) is 69.4 cm³/mol. The van der Waals surface area contributed by atoms with Gasteiger partial charge in [0.25, 0.3) is 5.69 Å². The van der Waals surface area contributed by atoms with E-state index in [0.29, 0.717) is 5.52 Å². The van der Waals surface area contributed by atoms with Crippen LogP contribution in [0.2, 0.25) is 0 Å². The van der Waals surface area contributed by atoms with E-state index in [1.54, 1.807) is 24.4 Å². The number of nitrogens with zero attached hydrogens (tertiary/aromatic N) is 3. The van der Waals surface area contributed by atoms with Crippen LogP contribution in [0.25, 0.3) is 10.9 Å². The number of hydrogen-bond acceptors (Lipinski definition) is 5. The van der Waals surface area contributed by atoms with E-state index in [4.69, 9.17) is 4.42 Å². The standard InChI is InChI=1S/C13H9N3O4/c17-12(13-2-1-5-20-13)8-15-11-6-10(16(18)19)4-3-9(11)7-14-15/h1-7H,8H2. The Hall–Kier alpha value is -2.96. The first-order valence-corrected chi connectivity index (χ1v) is 5.82. The van der Waals surface area contributed by atoms with Gasteiger partial charge in [-0.05, 0) is 18.2 Å². The molecule has 7 nitrogen and oxygen atoms in total. The minimum atomic E-state index is -0.481. The first-order chi connectivity index (χ1) is 9.65. The Balaban J connectivity index is 1.97. The molecule has 2 aromatic heterocycles. The van der Waals surface area contributed by atoms with Gasteiger partial charge in [0.05, 0.1) is 22.9 Å². The van der Waals surface area contributed by atoms with Crippen LogP contribution in [-0.4, -0.2) is 20.5 Å². The number of hydrogen-bond donors (Lipinski definition) is 0. The molecule has 0 amide bonds. The molecular formula is C13H9N3O4. The molecule has 0 aliphatic heterocycles. The molecule has 2 heterocycles. The van der Waals surface area contributed by atoms with E-state index in [1.165, 1.54) is 23.1 Å². The van der Waals surface area contributed by atoms with Gasteiger partial charge in [0.2, 0.25) is 5.78 Å². The Labute approximate surface area is 112 Å². The maximum absolute atomic E-state index is 11.9. The summed E-state index contributed by atoms with van der Waals surface area (Å²) in [6, 6.07) is 7.60. The molecule has 0 N–H and O–H groups in total. The summed E-state index contributed by atoms with van der Waals surface area (Å²) in [4.78, 5) is 22.2. The second-order valence-corrected chi connectivity index (χ2v) is 4.20. The fourth-order valence-corrected chi connectivity index (χ4v) is 1.95. The van der Waals surface area contributed by atoms with E-state index < -0.39 is 4.92 Å². The van der Waals surface area contributed by atoms with E-state index in [0.717, 1.165) is 5.39 Å². The molecule has 0 fully saturated rings. The van der Waals surface area contributed by atoms with Gasteiger partial charge in [0, 0.05) is 17.5 Å². The topological polar surface area (TPSA) is 91.2 Å². The Kier molecular flexibility index (Phi) is 2.79. The van der Waals surface area contributed by atoms with Crippen molar-refractivity contribution in [3.8, 4) is 0 Å². The Bertz CT molecular complexity index is 789. The maximum atomic E-state index is 11.9. The molecule has 0 aliphatic carbocycles. The lowest BCUT2D eigenvalue weighted by molar-refractivity contribution is -0.384. The summed E-state index contributed by atoms with van der Waals surface area (Å²) in [6.07, 6.45) is 2.98. The van der Waals surface area contributed by atoms with Gasteiger partial charge in [0.15, 0.2) is 5.76 Å². The molecule has 0 unspecified atom stereocenters. The quantitative estimate of drug-likeness (QED) is 0.413. The van der Waals surface area contributed by atoms with Gasteiger partial charge in [-0.2, -0.15) is 5.10 Å². The molecule has 1 aromatic carbocycles. The van der Waals surface area contributed by atoms with Gasteiger partial charge in [0.1, 0.15) is 6.54 Å². The van der Waals surface area contributed by atoms with E-state index in [1.807, 2.05) is 0 Å². The van der Waals surface area contributed by atoms with Crippen molar-refractivity contribution >= 4 is 22.4 Å². The number of nitro groups is 1. The predicted octanol–water partition coefficient (Wildman–Crippen LogP) is 2.42. The van der Waals surface area contributed by atoms with Crippen molar-refractivity contribution in [3.05, 3.63) is 58.7 Å². The number of aromatic nitrogens is 2. The monoisotopic (exact) mass is 271 g/mol. The molecule has 0 aliphatic rings. The molecule has 0 radical (unpaired) electrons. The molecule has 20 heavy (non-hydrogen) atoms. The number of furan rings is 1. The number of Topliss-reactive ketones (excluding diaryl/α,β-unsaturated/α-hetero) is 1. The summed E-state index contributed by atoms with van der Waals surface area (Å²) in [5.74, 6) is -0.00872. The largest absolute Gasteiger partial charge is 0.461 e. The van der Waals surface area contributed by atoms with Crippen LogP contribution in [0.1, 0.15) is 10.6 Å². The number of carbonyl (C=O) groups excluding carboxylic acids is 1. The smallest absolute Gasteiger partial charge is 0.271 e. The van der Waals surface area contributed by atoms with E-state index in [-0.39, 0.29) is 23.8 Å². The Morgan fingerprint density at radius 3 is 2.95 bits per heavy atom. The van der Waals surface area contributed by atoms with Crippen molar-refractivity contribution in [2.45, 2.75) is 6.54 Å². The van der Waals surface area contributed by atoms with Crippen molar-refractivity contribution in [2.75, 3.05) is 0 Å². The third-order valence-corrected chi connectivity index (χ3v) is 2.93. The van der Waals surface area contributed by atoms with Crippen LogP contribution in [0, 0.1) is 10.1 Å². The van der Waals surface area contributed by atoms with Crippen molar-refractivity contribution in [1.29, 1.82) is 0 Å². The lowest BCUT2D eigenvalue weighted by Crippen LogP contribution is -2.10. The second-order valence-electron chi connectivity index (χ2n) is 4.20. The van der Waals surface area contributed by atoms with E-state index in [2.05, 4.69) is 5.10 Å². The van der Waals surface area contributed by atoms with Gasteiger partial charge in [-0.1, -0.05) is 0 Å². The van der Waals surface area contributed by atoms with Crippen molar-refractivity contribution in [2.24, 2.45) is 0 Å². The molecular weight excluding hydrogens is 262 g/mol.